The highest BCUT2D eigenvalue weighted by Gasteiger charge is 2.00. The third kappa shape index (κ3) is 2.54. The quantitative estimate of drug-likeness (QED) is 0.675. The van der Waals surface area contributed by atoms with Crippen LogP contribution in [0.5, 0.6) is 5.75 Å². The first-order chi connectivity index (χ1) is 7.92. The summed E-state index contributed by atoms with van der Waals surface area (Å²) in [5.41, 5.74) is 0. The van der Waals surface area contributed by atoms with Gasteiger partial charge in [-0.15, -0.1) is 0 Å². The smallest absolute Gasteiger partial charge is 0.127 e. The second-order valence-corrected chi connectivity index (χ2v) is 3.89. The van der Waals surface area contributed by atoms with Crippen molar-refractivity contribution in [3.05, 3.63) is 49.4 Å². The third-order valence-electron chi connectivity index (χ3n) is 2.65. The molecule has 83 valence electrons. The van der Waals surface area contributed by atoms with Crippen LogP contribution in [0.3, 0.4) is 0 Å². The number of hydrogen-bond acceptors (Lipinski definition) is 1. The Balaban J connectivity index is 2.11. The largest absolute Gasteiger partial charge is 0.493 e. The topological polar surface area (TPSA) is 9.23 Å². The summed E-state index contributed by atoms with van der Waals surface area (Å²) in [4.78, 5) is 0. The number of ether oxygens (including phenoxy) is 1. The summed E-state index contributed by atoms with van der Waals surface area (Å²) in [6.07, 6.45) is 3.19. The molecule has 1 heteroatoms. The van der Waals surface area contributed by atoms with Crippen molar-refractivity contribution >= 4 is 10.8 Å². The molecule has 0 saturated heterocycles. The van der Waals surface area contributed by atoms with Crippen LogP contribution in [0.15, 0.2) is 42.5 Å². The van der Waals surface area contributed by atoms with Gasteiger partial charge in [0.25, 0.3) is 0 Å². The van der Waals surface area contributed by atoms with Crippen LogP contribution in [0.4, 0.5) is 0 Å². The maximum Gasteiger partial charge on any atom is 0.127 e. The summed E-state index contributed by atoms with van der Waals surface area (Å²) >= 11 is 0. The van der Waals surface area contributed by atoms with Crippen LogP contribution in [0.1, 0.15) is 19.3 Å². The average Bonchev–Trinajstić information content (AvgIpc) is 2.35. The molecule has 0 amide bonds. The average molecular weight is 213 g/mol. The molecule has 16 heavy (non-hydrogen) atoms. The Morgan fingerprint density at radius 3 is 2.62 bits per heavy atom. The lowest BCUT2D eigenvalue weighted by Crippen LogP contribution is -1.97. The zero-order valence-corrected chi connectivity index (χ0v) is 9.49. The number of hydrogen-bond donors (Lipinski definition) is 0. The predicted molar refractivity (Wildman–Crippen MR) is 68.7 cm³/mol. The van der Waals surface area contributed by atoms with Crippen LogP contribution in [-0.4, -0.2) is 6.61 Å². The molecule has 0 aliphatic carbocycles. The second kappa shape index (κ2) is 5.55. The fraction of sp³-hybridized carbons (Fsp3) is 0.267. The van der Waals surface area contributed by atoms with E-state index >= 15 is 0 Å². The highest BCUT2D eigenvalue weighted by Crippen LogP contribution is 2.25. The van der Waals surface area contributed by atoms with Crippen LogP contribution in [0, 0.1) is 6.92 Å². The van der Waals surface area contributed by atoms with E-state index in [2.05, 4.69) is 31.2 Å². The van der Waals surface area contributed by atoms with Crippen molar-refractivity contribution in [2.45, 2.75) is 19.3 Å². The van der Waals surface area contributed by atoms with E-state index in [1.54, 1.807) is 0 Å². The van der Waals surface area contributed by atoms with Gasteiger partial charge in [0.1, 0.15) is 5.75 Å². The second-order valence-electron chi connectivity index (χ2n) is 3.89. The van der Waals surface area contributed by atoms with Gasteiger partial charge < -0.3 is 4.74 Å². The van der Waals surface area contributed by atoms with Gasteiger partial charge in [0.05, 0.1) is 6.61 Å². The Bertz CT molecular complexity index is 443. The molecule has 0 bridgehead atoms. The van der Waals surface area contributed by atoms with Gasteiger partial charge in [-0.05, 0) is 17.9 Å². The lowest BCUT2D eigenvalue weighted by atomic mass is 10.1. The maximum atomic E-state index is 5.79. The van der Waals surface area contributed by atoms with E-state index in [1.165, 1.54) is 10.8 Å². The third-order valence-corrected chi connectivity index (χ3v) is 2.65. The van der Waals surface area contributed by atoms with E-state index in [0.29, 0.717) is 0 Å². The molecule has 2 aromatic rings. The van der Waals surface area contributed by atoms with Gasteiger partial charge in [0.2, 0.25) is 0 Å². The Labute approximate surface area is 97.1 Å². The molecule has 2 aromatic carbocycles. The van der Waals surface area contributed by atoms with Gasteiger partial charge in [0.15, 0.2) is 0 Å². The Morgan fingerprint density at radius 1 is 0.938 bits per heavy atom. The highest BCUT2D eigenvalue weighted by molar-refractivity contribution is 5.88. The molecular formula is C15H17O. The molecule has 0 aliphatic heterocycles. The first kappa shape index (κ1) is 11.0. The van der Waals surface area contributed by atoms with E-state index in [0.717, 1.165) is 31.6 Å². The Kier molecular flexibility index (Phi) is 3.81. The normalized spacial score (nSPS) is 10.6. The number of benzene rings is 2. The molecule has 1 radical (unpaired) electrons. The SMILES string of the molecule is [CH2]CCCCOc1cccc2ccccc12. The van der Waals surface area contributed by atoms with Crippen LogP contribution in [0.2, 0.25) is 0 Å². The van der Waals surface area contributed by atoms with Crippen molar-refractivity contribution in [2.75, 3.05) is 6.61 Å². The van der Waals surface area contributed by atoms with Crippen LogP contribution < -0.4 is 4.74 Å². The van der Waals surface area contributed by atoms with E-state index in [4.69, 9.17) is 4.74 Å². The van der Waals surface area contributed by atoms with Gasteiger partial charge >= 0.3 is 0 Å². The zero-order chi connectivity index (χ0) is 11.2. The lowest BCUT2D eigenvalue weighted by Gasteiger charge is -2.08. The molecule has 2 rings (SSSR count). The fourth-order valence-electron chi connectivity index (χ4n) is 1.78. The molecule has 1 nitrogen and oxygen atoms in total. The molecule has 0 fully saturated rings. The lowest BCUT2D eigenvalue weighted by molar-refractivity contribution is 0.311. The zero-order valence-electron chi connectivity index (χ0n) is 9.49. The minimum Gasteiger partial charge on any atom is -0.493 e. The summed E-state index contributed by atoms with van der Waals surface area (Å²) in [6.45, 7) is 4.61. The number of unbranched alkanes of at least 4 members (excludes halogenated alkanes) is 2. The van der Waals surface area contributed by atoms with Crippen molar-refractivity contribution in [2.24, 2.45) is 0 Å². The standard InChI is InChI=1S/C15H17O/c1-2-3-6-12-16-15-11-7-9-13-8-4-5-10-14(13)15/h4-5,7-11H,1-3,6,12H2. The highest BCUT2D eigenvalue weighted by atomic mass is 16.5. The molecule has 0 heterocycles. The molecule has 0 N–H and O–H groups in total. The summed E-state index contributed by atoms with van der Waals surface area (Å²) in [5, 5.41) is 2.43. The van der Waals surface area contributed by atoms with Crippen molar-refractivity contribution in [3.63, 3.8) is 0 Å². The summed E-state index contributed by atoms with van der Waals surface area (Å²) in [7, 11) is 0. The fourth-order valence-corrected chi connectivity index (χ4v) is 1.78. The van der Waals surface area contributed by atoms with Crippen molar-refractivity contribution in [1.82, 2.24) is 0 Å². The van der Waals surface area contributed by atoms with Crippen molar-refractivity contribution in [1.29, 1.82) is 0 Å². The van der Waals surface area contributed by atoms with E-state index < -0.39 is 0 Å². The van der Waals surface area contributed by atoms with Gasteiger partial charge in [0, 0.05) is 5.39 Å². The summed E-state index contributed by atoms with van der Waals surface area (Å²) in [6, 6.07) is 14.5. The Morgan fingerprint density at radius 2 is 1.75 bits per heavy atom. The van der Waals surface area contributed by atoms with Gasteiger partial charge in [-0.25, -0.2) is 0 Å². The molecule has 0 aliphatic rings. The molecule has 0 unspecified atom stereocenters. The summed E-state index contributed by atoms with van der Waals surface area (Å²) in [5.74, 6) is 0.988. The monoisotopic (exact) mass is 213 g/mol. The predicted octanol–water partition coefficient (Wildman–Crippen LogP) is 4.22. The first-order valence-corrected chi connectivity index (χ1v) is 5.81. The molecule has 0 saturated carbocycles. The van der Waals surface area contributed by atoms with Crippen molar-refractivity contribution < 1.29 is 4.74 Å². The Hall–Kier alpha value is -1.50. The minimum absolute atomic E-state index is 0.781. The summed E-state index contributed by atoms with van der Waals surface area (Å²) < 4.78 is 5.79. The number of rotatable bonds is 5. The van der Waals surface area contributed by atoms with Crippen LogP contribution >= 0.6 is 0 Å². The maximum absolute atomic E-state index is 5.79. The van der Waals surface area contributed by atoms with Crippen LogP contribution in [0.25, 0.3) is 10.8 Å². The number of fused-ring (bicyclic) bond motifs is 1. The van der Waals surface area contributed by atoms with E-state index in [-0.39, 0.29) is 0 Å². The van der Waals surface area contributed by atoms with E-state index in [9.17, 15) is 0 Å². The minimum atomic E-state index is 0.781. The van der Waals surface area contributed by atoms with Gasteiger partial charge in [-0.1, -0.05) is 56.2 Å². The molecule has 0 spiro atoms. The molecule has 0 atom stereocenters. The molecule has 0 aromatic heterocycles. The van der Waals surface area contributed by atoms with E-state index in [1.807, 2.05) is 18.2 Å². The van der Waals surface area contributed by atoms with Gasteiger partial charge in [-0.2, -0.15) is 0 Å². The molecular weight excluding hydrogens is 196 g/mol. The van der Waals surface area contributed by atoms with Gasteiger partial charge in [-0.3, -0.25) is 0 Å². The first-order valence-electron chi connectivity index (χ1n) is 5.81. The van der Waals surface area contributed by atoms with Crippen molar-refractivity contribution in [3.8, 4) is 5.75 Å². The van der Waals surface area contributed by atoms with Crippen LogP contribution in [-0.2, 0) is 0 Å².